The van der Waals surface area contributed by atoms with Crippen molar-refractivity contribution in [2.24, 2.45) is 0 Å². The third kappa shape index (κ3) is 7.10. The summed E-state index contributed by atoms with van der Waals surface area (Å²) in [6, 6.07) is 17.1. The summed E-state index contributed by atoms with van der Waals surface area (Å²) in [6.45, 7) is 4.14. The van der Waals surface area contributed by atoms with E-state index in [4.69, 9.17) is 0 Å². The molecule has 2 amide bonds. The van der Waals surface area contributed by atoms with Gasteiger partial charge in [-0.25, -0.2) is 8.42 Å². The molecule has 1 atom stereocenters. The fourth-order valence-electron chi connectivity index (χ4n) is 3.27. The van der Waals surface area contributed by atoms with Crippen LogP contribution < -0.4 is 9.62 Å². The van der Waals surface area contributed by atoms with Crippen LogP contribution in [0.4, 0.5) is 5.69 Å². The number of amides is 2. The van der Waals surface area contributed by atoms with Gasteiger partial charge in [-0.05, 0) is 30.5 Å². The number of rotatable bonds is 11. The minimum Gasteiger partial charge on any atom is -0.354 e. The Balaban J connectivity index is 2.36. The Morgan fingerprint density at radius 2 is 1.55 bits per heavy atom. The average molecular weight is 446 g/mol. The van der Waals surface area contributed by atoms with E-state index in [1.54, 1.807) is 30.3 Å². The highest BCUT2D eigenvalue weighted by molar-refractivity contribution is 7.92. The molecule has 0 radical (unpaired) electrons. The number of nitrogens with one attached hydrogen (secondary N) is 1. The Kier molecular flexibility index (Phi) is 9.05. The van der Waals surface area contributed by atoms with E-state index in [2.05, 4.69) is 5.32 Å². The van der Waals surface area contributed by atoms with Crippen molar-refractivity contribution in [3.8, 4) is 0 Å². The highest BCUT2D eigenvalue weighted by Crippen LogP contribution is 2.19. The molecule has 0 aromatic heterocycles. The van der Waals surface area contributed by atoms with Crippen LogP contribution in [0.3, 0.4) is 0 Å². The van der Waals surface area contributed by atoms with E-state index < -0.39 is 22.0 Å². The predicted octanol–water partition coefficient (Wildman–Crippen LogP) is 2.79. The van der Waals surface area contributed by atoms with Gasteiger partial charge in [0.25, 0.3) is 0 Å². The summed E-state index contributed by atoms with van der Waals surface area (Å²) in [5.74, 6) is -0.670. The molecular formula is C23H31N3O4S. The summed E-state index contributed by atoms with van der Waals surface area (Å²) < 4.78 is 26.0. The molecule has 0 unspecified atom stereocenters. The molecule has 168 valence electrons. The Morgan fingerprint density at radius 1 is 0.968 bits per heavy atom. The largest absolute Gasteiger partial charge is 0.354 e. The quantitative estimate of drug-likeness (QED) is 0.576. The second-order valence-electron chi connectivity index (χ2n) is 7.33. The van der Waals surface area contributed by atoms with Gasteiger partial charge in [0.15, 0.2) is 0 Å². The van der Waals surface area contributed by atoms with E-state index in [-0.39, 0.29) is 19.0 Å². The Morgan fingerprint density at radius 3 is 2.06 bits per heavy atom. The standard InChI is InChI=1S/C23H31N3O4S/c1-4-16-24-23(28)21(5-2)25(17-19-12-8-6-9-13-19)22(27)18-26(31(3,29)30)20-14-10-7-11-15-20/h6-15,21H,4-5,16-18H2,1-3H3,(H,24,28)/t21-/m0/s1. The number of nitrogens with zero attached hydrogens (tertiary/aromatic N) is 2. The minimum absolute atomic E-state index is 0.212. The van der Waals surface area contributed by atoms with Crippen LogP contribution in [0.2, 0.25) is 0 Å². The first-order valence-corrected chi connectivity index (χ1v) is 12.3. The van der Waals surface area contributed by atoms with Crippen LogP contribution in [-0.2, 0) is 26.2 Å². The summed E-state index contributed by atoms with van der Waals surface area (Å²) in [5, 5.41) is 2.86. The zero-order valence-corrected chi connectivity index (χ0v) is 19.1. The first-order chi connectivity index (χ1) is 14.8. The zero-order valence-electron chi connectivity index (χ0n) is 18.3. The lowest BCUT2D eigenvalue weighted by molar-refractivity contribution is -0.140. The third-order valence-electron chi connectivity index (χ3n) is 4.85. The lowest BCUT2D eigenvalue weighted by Gasteiger charge is -2.32. The van der Waals surface area contributed by atoms with Gasteiger partial charge >= 0.3 is 0 Å². The highest BCUT2D eigenvalue weighted by atomic mass is 32.2. The van der Waals surface area contributed by atoms with Crippen molar-refractivity contribution in [3.63, 3.8) is 0 Å². The molecule has 1 N–H and O–H groups in total. The van der Waals surface area contributed by atoms with Crippen molar-refractivity contribution >= 4 is 27.5 Å². The molecule has 31 heavy (non-hydrogen) atoms. The molecule has 8 heteroatoms. The molecule has 0 bridgehead atoms. The van der Waals surface area contributed by atoms with Crippen molar-refractivity contribution in [1.29, 1.82) is 0 Å². The van der Waals surface area contributed by atoms with E-state index in [0.29, 0.717) is 18.7 Å². The highest BCUT2D eigenvalue weighted by Gasteiger charge is 2.31. The van der Waals surface area contributed by atoms with Gasteiger partial charge in [-0.1, -0.05) is 62.4 Å². The first kappa shape index (κ1) is 24.4. The van der Waals surface area contributed by atoms with E-state index in [0.717, 1.165) is 22.5 Å². The van der Waals surface area contributed by atoms with Crippen LogP contribution in [0.1, 0.15) is 32.3 Å². The number of hydrogen-bond donors (Lipinski definition) is 1. The van der Waals surface area contributed by atoms with Gasteiger partial charge in [0, 0.05) is 13.1 Å². The van der Waals surface area contributed by atoms with Crippen molar-refractivity contribution in [2.75, 3.05) is 23.7 Å². The van der Waals surface area contributed by atoms with Crippen LogP contribution in [0, 0.1) is 0 Å². The number of benzene rings is 2. The summed E-state index contributed by atoms with van der Waals surface area (Å²) in [5.41, 5.74) is 1.27. The predicted molar refractivity (Wildman–Crippen MR) is 123 cm³/mol. The second kappa shape index (κ2) is 11.5. The van der Waals surface area contributed by atoms with Crippen LogP contribution in [-0.4, -0.2) is 50.5 Å². The van der Waals surface area contributed by atoms with Gasteiger partial charge in [-0.2, -0.15) is 0 Å². The smallest absolute Gasteiger partial charge is 0.244 e. The minimum atomic E-state index is -3.70. The molecule has 0 aliphatic carbocycles. The average Bonchev–Trinajstić information content (AvgIpc) is 2.76. The van der Waals surface area contributed by atoms with Crippen LogP contribution in [0.5, 0.6) is 0 Å². The molecule has 2 rings (SSSR count). The topological polar surface area (TPSA) is 86.8 Å². The summed E-state index contributed by atoms with van der Waals surface area (Å²) in [7, 11) is -3.70. The van der Waals surface area contributed by atoms with Gasteiger partial charge in [0.1, 0.15) is 12.6 Å². The second-order valence-corrected chi connectivity index (χ2v) is 9.23. The molecule has 2 aromatic carbocycles. The molecule has 0 saturated heterocycles. The van der Waals surface area contributed by atoms with Crippen molar-refractivity contribution < 1.29 is 18.0 Å². The van der Waals surface area contributed by atoms with Gasteiger partial charge in [-0.3, -0.25) is 13.9 Å². The lowest BCUT2D eigenvalue weighted by atomic mass is 10.1. The summed E-state index contributed by atoms with van der Waals surface area (Å²) in [6.07, 6.45) is 2.27. The molecule has 0 aliphatic heterocycles. The first-order valence-electron chi connectivity index (χ1n) is 10.4. The molecule has 7 nitrogen and oxygen atoms in total. The van der Waals surface area contributed by atoms with E-state index in [9.17, 15) is 18.0 Å². The number of para-hydroxylation sites is 1. The summed E-state index contributed by atoms with van der Waals surface area (Å²) >= 11 is 0. The van der Waals surface area contributed by atoms with Crippen molar-refractivity contribution in [3.05, 3.63) is 66.2 Å². The molecule has 0 spiro atoms. The molecule has 0 aliphatic rings. The van der Waals surface area contributed by atoms with Crippen LogP contribution in [0.25, 0.3) is 0 Å². The Hall–Kier alpha value is -2.87. The SMILES string of the molecule is CCCNC(=O)[C@H](CC)N(Cc1ccccc1)C(=O)CN(c1ccccc1)S(C)(=O)=O. The van der Waals surface area contributed by atoms with Gasteiger partial charge in [0.2, 0.25) is 21.8 Å². The van der Waals surface area contributed by atoms with E-state index in [1.807, 2.05) is 44.2 Å². The number of carbonyl (C=O) groups is 2. The Bertz CT molecular complexity index is 949. The molecule has 0 fully saturated rings. The molecular weight excluding hydrogens is 414 g/mol. The molecule has 0 heterocycles. The van der Waals surface area contributed by atoms with Gasteiger partial charge < -0.3 is 10.2 Å². The molecule has 0 saturated carbocycles. The maximum absolute atomic E-state index is 13.4. The zero-order chi connectivity index (χ0) is 22.9. The fourth-order valence-corrected chi connectivity index (χ4v) is 4.12. The lowest BCUT2D eigenvalue weighted by Crippen LogP contribution is -2.52. The third-order valence-corrected chi connectivity index (χ3v) is 5.99. The maximum atomic E-state index is 13.4. The van der Waals surface area contributed by atoms with E-state index in [1.165, 1.54) is 4.90 Å². The van der Waals surface area contributed by atoms with Crippen LogP contribution in [0.15, 0.2) is 60.7 Å². The van der Waals surface area contributed by atoms with Crippen molar-refractivity contribution in [2.45, 2.75) is 39.3 Å². The summed E-state index contributed by atoms with van der Waals surface area (Å²) in [4.78, 5) is 27.7. The maximum Gasteiger partial charge on any atom is 0.244 e. The fraction of sp³-hybridized carbons (Fsp3) is 0.391. The normalized spacial score (nSPS) is 12.1. The number of sulfonamides is 1. The van der Waals surface area contributed by atoms with Gasteiger partial charge in [0.05, 0.1) is 11.9 Å². The van der Waals surface area contributed by atoms with Crippen LogP contribution >= 0.6 is 0 Å². The molecule has 2 aromatic rings. The van der Waals surface area contributed by atoms with E-state index >= 15 is 0 Å². The Labute approximate surface area is 185 Å². The number of carbonyl (C=O) groups excluding carboxylic acids is 2. The van der Waals surface area contributed by atoms with Gasteiger partial charge in [-0.15, -0.1) is 0 Å². The van der Waals surface area contributed by atoms with Crippen molar-refractivity contribution in [1.82, 2.24) is 10.2 Å². The monoisotopic (exact) mass is 445 g/mol. The number of hydrogen-bond acceptors (Lipinski definition) is 4. The number of anilines is 1.